The molecule has 2 aliphatic rings. The fourth-order valence-electron chi connectivity index (χ4n) is 4.17. The summed E-state index contributed by atoms with van der Waals surface area (Å²) < 4.78 is 4.95. The number of methoxy groups -OCH3 is 1. The van der Waals surface area contributed by atoms with Gasteiger partial charge in [-0.25, -0.2) is 0 Å². The summed E-state index contributed by atoms with van der Waals surface area (Å²) in [6.07, 6.45) is 2.22. The van der Waals surface area contributed by atoms with Gasteiger partial charge in [0.2, 0.25) is 11.8 Å². The van der Waals surface area contributed by atoms with E-state index in [9.17, 15) is 9.59 Å². The van der Waals surface area contributed by atoms with Crippen molar-refractivity contribution < 1.29 is 14.3 Å². The zero-order valence-corrected chi connectivity index (χ0v) is 22.0. The number of aliphatic imine (C=N–C) groups is 1. The molecule has 0 aromatic heterocycles. The molecule has 2 aliphatic heterocycles. The molecule has 0 atom stereocenters. The molecule has 10 heteroatoms. The summed E-state index contributed by atoms with van der Waals surface area (Å²) in [5.74, 6) is 1.07. The molecule has 0 bridgehead atoms. The molecule has 2 N–H and O–H groups in total. The van der Waals surface area contributed by atoms with E-state index in [4.69, 9.17) is 4.74 Å². The number of benzene rings is 1. The zero-order valence-electron chi connectivity index (χ0n) is 19.7. The normalized spacial score (nSPS) is 16.2. The zero-order chi connectivity index (χ0) is 22.8. The molecule has 1 fully saturated rings. The van der Waals surface area contributed by atoms with Crippen LogP contribution in [0, 0.1) is 0 Å². The third-order valence-corrected chi connectivity index (χ3v) is 5.92. The summed E-state index contributed by atoms with van der Waals surface area (Å²) in [6.45, 7) is 6.21. The van der Waals surface area contributed by atoms with E-state index in [1.54, 1.807) is 14.2 Å². The Morgan fingerprint density at radius 3 is 2.55 bits per heavy atom. The van der Waals surface area contributed by atoms with E-state index in [-0.39, 0.29) is 35.8 Å². The van der Waals surface area contributed by atoms with Crippen molar-refractivity contribution in [1.82, 2.24) is 20.4 Å². The molecule has 0 saturated carbocycles. The highest BCUT2D eigenvalue weighted by Gasteiger charge is 2.24. The molecular weight excluding hydrogens is 535 g/mol. The maximum atomic E-state index is 12.6. The van der Waals surface area contributed by atoms with Gasteiger partial charge in [-0.2, -0.15) is 0 Å². The second kappa shape index (κ2) is 14.4. The van der Waals surface area contributed by atoms with E-state index >= 15 is 0 Å². The van der Waals surface area contributed by atoms with Crippen LogP contribution in [0.15, 0.2) is 29.3 Å². The van der Waals surface area contributed by atoms with E-state index < -0.39 is 0 Å². The summed E-state index contributed by atoms with van der Waals surface area (Å²) in [4.78, 5) is 35.3. The Morgan fingerprint density at radius 2 is 1.82 bits per heavy atom. The molecule has 1 aromatic carbocycles. The number of para-hydroxylation sites is 1. The molecule has 2 amide bonds. The number of nitrogens with zero attached hydrogens (tertiary/aromatic N) is 4. The number of carbonyl (C=O) groups is 2. The van der Waals surface area contributed by atoms with Gasteiger partial charge in [0.1, 0.15) is 0 Å². The van der Waals surface area contributed by atoms with E-state index in [1.165, 1.54) is 5.56 Å². The predicted octanol–water partition coefficient (Wildman–Crippen LogP) is 0.930. The number of carbonyl (C=O) groups excluding carboxylic acids is 2. The highest BCUT2D eigenvalue weighted by Crippen LogP contribution is 2.27. The Bertz CT molecular complexity index is 798. The van der Waals surface area contributed by atoms with Crippen molar-refractivity contribution in [2.24, 2.45) is 4.99 Å². The lowest BCUT2D eigenvalue weighted by Gasteiger charge is -2.36. The Balaban J connectivity index is 0.00000385. The minimum absolute atomic E-state index is 0. The Kier molecular flexibility index (Phi) is 11.9. The van der Waals surface area contributed by atoms with Gasteiger partial charge in [0.15, 0.2) is 5.96 Å². The molecule has 33 heavy (non-hydrogen) atoms. The summed E-state index contributed by atoms with van der Waals surface area (Å²) in [7, 11) is 3.40. The number of ether oxygens (including phenoxy) is 1. The molecular formula is C23H37IN6O3. The minimum Gasteiger partial charge on any atom is -0.383 e. The van der Waals surface area contributed by atoms with Crippen LogP contribution in [0.4, 0.5) is 5.69 Å². The Morgan fingerprint density at radius 1 is 1.06 bits per heavy atom. The van der Waals surface area contributed by atoms with Gasteiger partial charge >= 0.3 is 0 Å². The first-order chi connectivity index (χ1) is 15.6. The van der Waals surface area contributed by atoms with Gasteiger partial charge in [-0.3, -0.25) is 19.5 Å². The van der Waals surface area contributed by atoms with Gasteiger partial charge in [0, 0.05) is 72.1 Å². The summed E-state index contributed by atoms with van der Waals surface area (Å²) in [5.41, 5.74) is 2.32. The van der Waals surface area contributed by atoms with Crippen molar-refractivity contribution >= 4 is 47.4 Å². The highest BCUT2D eigenvalue weighted by atomic mass is 127. The van der Waals surface area contributed by atoms with E-state index in [1.807, 2.05) is 23.1 Å². The molecule has 184 valence electrons. The van der Waals surface area contributed by atoms with Crippen molar-refractivity contribution in [2.75, 3.05) is 78.0 Å². The van der Waals surface area contributed by atoms with Crippen LogP contribution >= 0.6 is 24.0 Å². The third kappa shape index (κ3) is 8.11. The molecule has 0 radical (unpaired) electrons. The van der Waals surface area contributed by atoms with Crippen LogP contribution in [0.1, 0.15) is 18.4 Å². The molecule has 9 nitrogen and oxygen atoms in total. The number of hydrogen-bond acceptors (Lipinski definition) is 5. The molecule has 0 spiro atoms. The summed E-state index contributed by atoms with van der Waals surface area (Å²) in [5, 5.41) is 6.25. The standard InChI is InChI=1S/C23H36N6O3.HI/c1-24-23(28-15-13-27(14-16-28)18-21(30)25-11-17-32-2)26-10-5-8-22(31)29-12-9-19-6-3-4-7-20(19)29;/h3-4,6-7H,5,8-18H2,1-2H3,(H,24,26)(H,25,30);1H. The van der Waals surface area contributed by atoms with Gasteiger partial charge in [-0.1, -0.05) is 18.2 Å². The maximum Gasteiger partial charge on any atom is 0.234 e. The fourth-order valence-corrected chi connectivity index (χ4v) is 4.17. The average Bonchev–Trinajstić information content (AvgIpc) is 3.24. The number of hydrogen-bond donors (Lipinski definition) is 2. The first-order valence-electron chi connectivity index (χ1n) is 11.4. The molecule has 1 aromatic rings. The van der Waals surface area contributed by atoms with Crippen molar-refractivity contribution in [2.45, 2.75) is 19.3 Å². The van der Waals surface area contributed by atoms with Crippen LogP contribution in [0.5, 0.6) is 0 Å². The van der Waals surface area contributed by atoms with Crippen molar-refractivity contribution in [1.29, 1.82) is 0 Å². The summed E-state index contributed by atoms with van der Waals surface area (Å²) in [6, 6.07) is 8.15. The Labute approximate surface area is 213 Å². The second-order valence-electron chi connectivity index (χ2n) is 8.11. The number of guanidine groups is 1. The van der Waals surface area contributed by atoms with Crippen LogP contribution in [0.25, 0.3) is 0 Å². The van der Waals surface area contributed by atoms with Crippen LogP contribution < -0.4 is 15.5 Å². The second-order valence-corrected chi connectivity index (χ2v) is 8.11. The number of anilines is 1. The predicted molar refractivity (Wildman–Crippen MR) is 141 cm³/mol. The van der Waals surface area contributed by atoms with Gasteiger partial charge in [-0.05, 0) is 24.5 Å². The van der Waals surface area contributed by atoms with Crippen molar-refractivity contribution in [3.8, 4) is 0 Å². The van der Waals surface area contributed by atoms with E-state index in [2.05, 4.69) is 31.5 Å². The number of piperazine rings is 1. The quantitative estimate of drug-likeness (QED) is 0.198. The maximum absolute atomic E-state index is 12.6. The fraction of sp³-hybridized carbons (Fsp3) is 0.609. The van der Waals surface area contributed by atoms with Gasteiger partial charge in [0.05, 0.1) is 13.2 Å². The lowest BCUT2D eigenvalue weighted by molar-refractivity contribution is -0.122. The molecule has 2 heterocycles. The van der Waals surface area contributed by atoms with Gasteiger partial charge in [-0.15, -0.1) is 24.0 Å². The van der Waals surface area contributed by atoms with Crippen LogP contribution in [-0.2, 0) is 20.7 Å². The van der Waals surface area contributed by atoms with Crippen LogP contribution in [0.3, 0.4) is 0 Å². The molecule has 0 aliphatic carbocycles. The number of rotatable bonds is 9. The van der Waals surface area contributed by atoms with E-state index in [0.717, 1.165) is 57.2 Å². The smallest absolute Gasteiger partial charge is 0.234 e. The van der Waals surface area contributed by atoms with Gasteiger partial charge in [0.25, 0.3) is 0 Å². The van der Waals surface area contributed by atoms with Crippen LogP contribution in [-0.4, -0.2) is 101 Å². The van der Waals surface area contributed by atoms with Crippen molar-refractivity contribution in [3.63, 3.8) is 0 Å². The SMILES string of the molecule is CN=C(NCCCC(=O)N1CCc2ccccc21)N1CCN(CC(=O)NCCOC)CC1.I. The van der Waals surface area contributed by atoms with E-state index in [0.29, 0.717) is 32.7 Å². The van der Waals surface area contributed by atoms with Gasteiger partial charge < -0.3 is 25.2 Å². The first kappa shape index (κ1) is 27.3. The summed E-state index contributed by atoms with van der Waals surface area (Å²) >= 11 is 0. The third-order valence-electron chi connectivity index (χ3n) is 5.92. The lowest BCUT2D eigenvalue weighted by atomic mass is 10.2. The topological polar surface area (TPSA) is 89.5 Å². The molecule has 1 saturated heterocycles. The lowest BCUT2D eigenvalue weighted by Crippen LogP contribution is -2.54. The number of amides is 2. The number of halogens is 1. The monoisotopic (exact) mass is 572 g/mol. The number of fused-ring (bicyclic) bond motifs is 1. The largest absolute Gasteiger partial charge is 0.383 e. The highest BCUT2D eigenvalue weighted by molar-refractivity contribution is 14.0. The Hall–Kier alpha value is -1.92. The molecule has 0 unspecified atom stereocenters. The van der Waals surface area contributed by atoms with Crippen molar-refractivity contribution in [3.05, 3.63) is 29.8 Å². The average molecular weight is 572 g/mol. The number of nitrogens with one attached hydrogen (secondary N) is 2. The first-order valence-corrected chi connectivity index (χ1v) is 11.4. The van der Waals surface area contributed by atoms with Crippen LogP contribution in [0.2, 0.25) is 0 Å². The minimum atomic E-state index is 0. The molecule has 3 rings (SSSR count).